The van der Waals surface area contributed by atoms with Crippen molar-refractivity contribution in [2.24, 2.45) is 0 Å². The molecule has 1 unspecified atom stereocenters. The predicted molar refractivity (Wildman–Crippen MR) is 71.3 cm³/mol. The summed E-state index contributed by atoms with van der Waals surface area (Å²) < 4.78 is 0. The average Bonchev–Trinajstić information content (AvgIpc) is 2.79. The van der Waals surface area contributed by atoms with Gasteiger partial charge in [0.15, 0.2) is 0 Å². The van der Waals surface area contributed by atoms with Gasteiger partial charge < -0.3 is 5.32 Å². The molecule has 2 heterocycles. The van der Waals surface area contributed by atoms with Gasteiger partial charge in [0.05, 0.1) is 5.51 Å². The molecule has 1 N–H and O–H groups in total. The molecular weight excluding hydrogens is 230 g/mol. The molecule has 0 saturated heterocycles. The predicted octanol–water partition coefficient (Wildman–Crippen LogP) is 2.66. The van der Waals surface area contributed by atoms with Gasteiger partial charge in [-0.05, 0) is 32.5 Å². The van der Waals surface area contributed by atoms with E-state index in [9.17, 15) is 0 Å². The quantitative estimate of drug-likeness (QED) is 0.902. The lowest BCUT2D eigenvalue weighted by atomic mass is 10.0. The van der Waals surface area contributed by atoms with Crippen molar-refractivity contribution < 1.29 is 0 Å². The molecular formula is C13H17N3S. The minimum Gasteiger partial charge on any atom is -0.313 e. The Hall–Kier alpha value is -1.26. The number of nitrogens with zero attached hydrogens (tertiary/aromatic N) is 2. The van der Waals surface area contributed by atoms with Crippen molar-refractivity contribution in [1.29, 1.82) is 0 Å². The van der Waals surface area contributed by atoms with Gasteiger partial charge in [-0.1, -0.05) is 6.07 Å². The zero-order chi connectivity index (χ0) is 12.3. The van der Waals surface area contributed by atoms with Crippen molar-refractivity contribution in [1.82, 2.24) is 15.3 Å². The highest BCUT2D eigenvalue weighted by molar-refractivity contribution is 7.09. The molecule has 4 heteroatoms. The molecule has 0 aromatic carbocycles. The summed E-state index contributed by atoms with van der Waals surface area (Å²) in [7, 11) is 1.99. The number of nitrogens with one attached hydrogen (secondary N) is 1. The smallest absolute Gasteiger partial charge is 0.0794 e. The Morgan fingerprint density at radius 3 is 2.76 bits per heavy atom. The van der Waals surface area contributed by atoms with Crippen LogP contribution in [0.25, 0.3) is 0 Å². The van der Waals surface area contributed by atoms with Crippen molar-refractivity contribution >= 4 is 11.3 Å². The van der Waals surface area contributed by atoms with E-state index in [0.717, 1.165) is 17.8 Å². The highest BCUT2D eigenvalue weighted by atomic mass is 32.1. The fourth-order valence-corrected chi connectivity index (χ4v) is 2.62. The van der Waals surface area contributed by atoms with E-state index in [2.05, 4.69) is 34.3 Å². The summed E-state index contributed by atoms with van der Waals surface area (Å²) in [5, 5.41) is 3.36. The molecule has 0 saturated carbocycles. The third-order valence-electron chi connectivity index (χ3n) is 2.88. The Morgan fingerprint density at radius 1 is 1.35 bits per heavy atom. The molecule has 0 radical (unpaired) electrons. The normalized spacial score (nSPS) is 12.6. The molecule has 2 aromatic rings. The minimum absolute atomic E-state index is 0.309. The molecule has 0 bridgehead atoms. The summed E-state index contributed by atoms with van der Waals surface area (Å²) >= 11 is 1.70. The van der Waals surface area contributed by atoms with Crippen LogP contribution in [-0.4, -0.2) is 17.0 Å². The van der Waals surface area contributed by atoms with Gasteiger partial charge in [0.1, 0.15) is 0 Å². The Kier molecular flexibility index (Phi) is 3.86. The van der Waals surface area contributed by atoms with E-state index in [1.165, 1.54) is 10.4 Å². The van der Waals surface area contributed by atoms with Crippen LogP contribution in [0, 0.1) is 13.8 Å². The maximum Gasteiger partial charge on any atom is 0.0794 e. The zero-order valence-corrected chi connectivity index (χ0v) is 11.2. The highest BCUT2D eigenvalue weighted by Gasteiger charge is 2.14. The molecule has 3 nitrogen and oxygen atoms in total. The third-order valence-corrected chi connectivity index (χ3v) is 3.68. The molecule has 2 rings (SSSR count). The second-order valence-electron chi connectivity index (χ2n) is 4.14. The van der Waals surface area contributed by atoms with E-state index < -0.39 is 0 Å². The van der Waals surface area contributed by atoms with E-state index >= 15 is 0 Å². The lowest BCUT2D eigenvalue weighted by Crippen LogP contribution is -2.20. The van der Waals surface area contributed by atoms with E-state index in [4.69, 9.17) is 0 Å². The van der Waals surface area contributed by atoms with Gasteiger partial charge in [-0.3, -0.25) is 9.97 Å². The molecule has 0 spiro atoms. The Bertz CT molecular complexity index is 479. The van der Waals surface area contributed by atoms with Gasteiger partial charge in [0.25, 0.3) is 0 Å². The van der Waals surface area contributed by atoms with Crippen LogP contribution in [0.1, 0.15) is 27.9 Å². The Morgan fingerprint density at radius 2 is 2.18 bits per heavy atom. The first-order chi connectivity index (χ1) is 8.20. The maximum absolute atomic E-state index is 4.52. The summed E-state index contributed by atoms with van der Waals surface area (Å²) in [5.74, 6) is 0. The Labute approximate surface area is 106 Å². The number of pyridine rings is 1. The largest absolute Gasteiger partial charge is 0.313 e. The van der Waals surface area contributed by atoms with Crippen LogP contribution in [0.4, 0.5) is 0 Å². The SMILES string of the molecule is CNC(Cc1cncs1)c1ccc(C)nc1C. The number of thiazole rings is 1. The first-order valence-electron chi connectivity index (χ1n) is 5.69. The number of hydrogen-bond acceptors (Lipinski definition) is 4. The van der Waals surface area contributed by atoms with E-state index in [-0.39, 0.29) is 0 Å². The molecule has 1 atom stereocenters. The molecule has 0 aliphatic heterocycles. The standard InChI is InChI=1S/C13H17N3S/c1-9-4-5-12(10(2)16-9)13(14-3)6-11-7-15-8-17-11/h4-5,7-8,13-14H,6H2,1-3H3. The van der Waals surface area contributed by atoms with Crippen LogP contribution in [0.3, 0.4) is 0 Å². The van der Waals surface area contributed by atoms with Crippen LogP contribution in [0.2, 0.25) is 0 Å². The number of likely N-dealkylation sites (N-methyl/N-ethyl adjacent to an activating group) is 1. The number of aromatic nitrogens is 2. The van der Waals surface area contributed by atoms with Gasteiger partial charge in [-0.25, -0.2) is 0 Å². The number of aryl methyl sites for hydroxylation is 2. The van der Waals surface area contributed by atoms with Crippen molar-refractivity contribution in [3.05, 3.63) is 45.7 Å². The second kappa shape index (κ2) is 5.38. The summed E-state index contributed by atoms with van der Waals surface area (Å²) in [4.78, 5) is 9.93. The molecule has 0 aliphatic rings. The first-order valence-corrected chi connectivity index (χ1v) is 6.57. The molecule has 0 aliphatic carbocycles. The van der Waals surface area contributed by atoms with Gasteiger partial charge in [-0.2, -0.15) is 0 Å². The molecule has 0 fully saturated rings. The van der Waals surface area contributed by atoms with Gasteiger partial charge in [-0.15, -0.1) is 11.3 Å². The molecule has 17 heavy (non-hydrogen) atoms. The summed E-state index contributed by atoms with van der Waals surface area (Å²) in [5.41, 5.74) is 5.32. The van der Waals surface area contributed by atoms with Crippen molar-refractivity contribution in [2.75, 3.05) is 7.05 Å². The topological polar surface area (TPSA) is 37.8 Å². The fourth-order valence-electron chi connectivity index (χ4n) is 1.98. The lowest BCUT2D eigenvalue weighted by Gasteiger charge is -2.17. The van der Waals surface area contributed by atoms with E-state index in [0.29, 0.717) is 6.04 Å². The monoisotopic (exact) mass is 247 g/mol. The fraction of sp³-hybridized carbons (Fsp3) is 0.385. The zero-order valence-electron chi connectivity index (χ0n) is 10.4. The second-order valence-corrected chi connectivity index (χ2v) is 5.11. The average molecular weight is 247 g/mol. The highest BCUT2D eigenvalue weighted by Crippen LogP contribution is 2.22. The van der Waals surface area contributed by atoms with Crippen molar-refractivity contribution in [2.45, 2.75) is 26.3 Å². The van der Waals surface area contributed by atoms with Crippen LogP contribution in [-0.2, 0) is 6.42 Å². The van der Waals surface area contributed by atoms with Gasteiger partial charge in [0.2, 0.25) is 0 Å². The molecule has 90 valence electrons. The van der Waals surface area contributed by atoms with Crippen LogP contribution < -0.4 is 5.32 Å². The van der Waals surface area contributed by atoms with Crippen LogP contribution in [0.15, 0.2) is 23.8 Å². The lowest BCUT2D eigenvalue weighted by molar-refractivity contribution is 0.589. The van der Waals surface area contributed by atoms with Gasteiger partial charge >= 0.3 is 0 Å². The molecule has 2 aromatic heterocycles. The Balaban J connectivity index is 2.23. The maximum atomic E-state index is 4.52. The van der Waals surface area contributed by atoms with Crippen molar-refractivity contribution in [3.63, 3.8) is 0 Å². The number of rotatable bonds is 4. The van der Waals surface area contributed by atoms with E-state index in [1.54, 1.807) is 11.3 Å². The van der Waals surface area contributed by atoms with Crippen LogP contribution >= 0.6 is 11.3 Å². The number of hydrogen-bond donors (Lipinski definition) is 1. The third kappa shape index (κ3) is 2.90. The van der Waals surface area contributed by atoms with E-state index in [1.807, 2.05) is 25.7 Å². The molecule has 0 amide bonds. The summed E-state index contributed by atoms with van der Waals surface area (Å²) in [6, 6.07) is 4.54. The summed E-state index contributed by atoms with van der Waals surface area (Å²) in [6.07, 6.45) is 2.90. The van der Waals surface area contributed by atoms with Gasteiger partial charge in [0, 0.05) is 34.9 Å². The van der Waals surface area contributed by atoms with Crippen LogP contribution in [0.5, 0.6) is 0 Å². The minimum atomic E-state index is 0.309. The first kappa shape index (κ1) is 12.2. The summed E-state index contributed by atoms with van der Waals surface area (Å²) in [6.45, 7) is 4.09. The van der Waals surface area contributed by atoms with Crippen molar-refractivity contribution in [3.8, 4) is 0 Å².